The molecule has 1 N–H and O–H groups in total. The predicted molar refractivity (Wildman–Crippen MR) is 82.6 cm³/mol. The molecule has 21 heavy (non-hydrogen) atoms. The van der Waals surface area contributed by atoms with E-state index in [1.54, 1.807) is 0 Å². The van der Waals surface area contributed by atoms with Crippen LogP contribution >= 0.6 is 0 Å². The summed E-state index contributed by atoms with van der Waals surface area (Å²) in [5.41, 5.74) is 0.972. The second-order valence-electron chi connectivity index (χ2n) is 6.06. The first-order valence-corrected chi connectivity index (χ1v) is 7.92. The van der Waals surface area contributed by atoms with Crippen molar-refractivity contribution in [2.24, 2.45) is 5.92 Å². The third-order valence-corrected chi connectivity index (χ3v) is 4.29. The molecule has 1 heterocycles. The van der Waals surface area contributed by atoms with Gasteiger partial charge in [0.15, 0.2) is 0 Å². The summed E-state index contributed by atoms with van der Waals surface area (Å²) in [5.74, 6) is 2.14. The Morgan fingerprint density at radius 3 is 2.81 bits per heavy atom. The van der Waals surface area contributed by atoms with Crippen LogP contribution in [0.15, 0.2) is 34.7 Å². The maximum Gasteiger partial charge on any atom is 0.247 e. The molecular formula is C17H23N3O. The van der Waals surface area contributed by atoms with Gasteiger partial charge in [-0.05, 0) is 37.3 Å². The van der Waals surface area contributed by atoms with Gasteiger partial charge in [-0.3, -0.25) is 0 Å². The van der Waals surface area contributed by atoms with Crippen molar-refractivity contribution in [3.63, 3.8) is 0 Å². The Balaban J connectivity index is 1.55. The molecule has 1 aliphatic rings. The summed E-state index contributed by atoms with van der Waals surface area (Å²) in [6.07, 6.45) is 6.50. The van der Waals surface area contributed by atoms with Crippen LogP contribution in [0, 0.1) is 5.92 Å². The van der Waals surface area contributed by atoms with Crippen molar-refractivity contribution in [1.29, 1.82) is 0 Å². The Bertz CT molecular complexity index is 552. The minimum absolute atomic E-state index is 0.585. The second kappa shape index (κ2) is 6.85. The molecule has 4 nitrogen and oxygen atoms in total. The van der Waals surface area contributed by atoms with Crippen LogP contribution in [0.2, 0.25) is 0 Å². The van der Waals surface area contributed by atoms with Crippen molar-refractivity contribution in [2.75, 3.05) is 0 Å². The standard InChI is InChI=1S/C17H23N3O/c1-13-6-5-9-15(11-10-13)18-12-16-19-20-17(21-16)14-7-3-2-4-8-14/h2-4,7-8,13,15,18H,5-6,9-12H2,1H3. The van der Waals surface area contributed by atoms with Crippen LogP contribution in [0.4, 0.5) is 0 Å². The van der Waals surface area contributed by atoms with Crippen LogP contribution in [0.3, 0.4) is 0 Å². The number of aromatic nitrogens is 2. The molecule has 0 amide bonds. The van der Waals surface area contributed by atoms with Crippen LogP contribution in [-0.2, 0) is 6.54 Å². The lowest BCUT2D eigenvalue weighted by atomic mass is 10.0. The van der Waals surface area contributed by atoms with Crippen LogP contribution in [0.25, 0.3) is 11.5 Å². The van der Waals surface area contributed by atoms with E-state index < -0.39 is 0 Å². The quantitative estimate of drug-likeness (QED) is 0.868. The molecule has 0 bridgehead atoms. The predicted octanol–water partition coefficient (Wildman–Crippen LogP) is 3.80. The maximum atomic E-state index is 5.73. The molecule has 2 atom stereocenters. The van der Waals surface area contributed by atoms with Crippen LogP contribution in [-0.4, -0.2) is 16.2 Å². The van der Waals surface area contributed by atoms with Crippen molar-refractivity contribution >= 4 is 0 Å². The van der Waals surface area contributed by atoms with Gasteiger partial charge in [0.25, 0.3) is 0 Å². The Labute approximate surface area is 126 Å². The molecule has 0 spiro atoms. The maximum absolute atomic E-state index is 5.73. The van der Waals surface area contributed by atoms with Gasteiger partial charge in [-0.15, -0.1) is 10.2 Å². The van der Waals surface area contributed by atoms with E-state index in [1.165, 1.54) is 32.1 Å². The Kier molecular flexibility index (Phi) is 4.65. The summed E-state index contributed by atoms with van der Waals surface area (Å²) >= 11 is 0. The zero-order chi connectivity index (χ0) is 14.5. The van der Waals surface area contributed by atoms with Gasteiger partial charge in [-0.1, -0.05) is 38.0 Å². The number of nitrogens with one attached hydrogen (secondary N) is 1. The number of nitrogens with zero attached hydrogens (tertiary/aromatic N) is 2. The molecule has 3 rings (SSSR count). The lowest BCUT2D eigenvalue weighted by Crippen LogP contribution is -2.28. The van der Waals surface area contributed by atoms with Crippen molar-refractivity contribution < 1.29 is 4.42 Å². The summed E-state index contributed by atoms with van der Waals surface area (Å²) in [6, 6.07) is 10.5. The summed E-state index contributed by atoms with van der Waals surface area (Å²) in [4.78, 5) is 0. The fourth-order valence-electron chi connectivity index (χ4n) is 2.95. The Morgan fingerprint density at radius 2 is 1.95 bits per heavy atom. The molecule has 2 aromatic rings. The zero-order valence-electron chi connectivity index (χ0n) is 12.6. The van der Waals surface area contributed by atoms with Crippen LogP contribution in [0.1, 0.15) is 44.9 Å². The van der Waals surface area contributed by atoms with Gasteiger partial charge >= 0.3 is 0 Å². The minimum Gasteiger partial charge on any atom is -0.419 e. The Hall–Kier alpha value is -1.68. The average molecular weight is 285 g/mol. The number of hydrogen-bond donors (Lipinski definition) is 1. The smallest absolute Gasteiger partial charge is 0.247 e. The van der Waals surface area contributed by atoms with E-state index >= 15 is 0 Å². The first-order chi connectivity index (χ1) is 10.3. The fourth-order valence-corrected chi connectivity index (χ4v) is 2.95. The van der Waals surface area contributed by atoms with Gasteiger partial charge in [0.2, 0.25) is 11.8 Å². The van der Waals surface area contributed by atoms with E-state index in [0.717, 1.165) is 11.5 Å². The highest BCUT2D eigenvalue weighted by molar-refractivity contribution is 5.51. The van der Waals surface area contributed by atoms with E-state index in [1.807, 2.05) is 30.3 Å². The van der Waals surface area contributed by atoms with Crippen LogP contribution < -0.4 is 5.32 Å². The highest BCUT2D eigenvalue weighted by Gasteiger charge is 2.16. The summed E-state index contributed by atoms with van der Waals surface area (Å²) < 4.78 is 5.73. The number of hydrogen-bond acceptors (Lipinski definition) is 4. The van der Waals surface area contributed by atoms with Crippen LogP contribution in [0.5, 0.6) is 0 Å². The molecule has 1 fully saturated rings. The summed E-state index contributed by atoms with van der Waals surface area (Å²) in [5, 5.41) is 11.8. The normalized spacial score (nSPS) is 22.9. The lowest BCUT2D eigenvalue weighted by Gasteiger charge is -2.14. The van der Waals surface area contributed by atoms with Crippen molar-refractivity contribution in [1.82, 2.24) is 15.5 Å². The molecule has 0 aliphatic heterocycles. The van der Waals surface area contributed by atoms with E-state index in [0.29, 0.717) is 24.4 Å². The van der Waals surface area contributed by atoms with Crippen molar-refractivity contribution in [2.45, 2.75) is 51.6 Å². The molecular weight excluding hydrogens is 262 g/mol. The largest absolute Gasteiger partial charge is 0.419 e. The van der Waals surface area contributed by atoms with Gasteiger partial charge < -0.3 is 9.73 Å². The molecule has 1 aromatic heterocycles. The number of benzene rings is 1. The highest BCUT2D eigenvalue weighted by Crippen LogP contribution is 2.23. The van der Waals surface area contributed by atoms with Gasteiger partial charge in [0.05, 0.1) is 6.54 Å². The summed E-state index contributed by atoms with van der Waals surface area (Å²) in [7, 11) is 0. The molecule has 112 valence electrons. The third kappa shape index (κ3) is 3.91. The highest BCUT2D eigenvalue weighted by atomic mass is 16.4. The van der Waals surface area contributed by atoms with Gasteiger partial charge in [0, 0.05) is 11.6 Å². The number of rotatable bonds is 4. The fraction of sp³-hybridized carbons (Fsp3) is 0.529. The van der Waals surface area contributed by atoms with Gasteiger partial charge in [-0.2, -0.15) is 0 Å². The second-order valence-corrected chi connectivity index (χ2v) is 6.06. The molecule has 0 radical (unpaired) electrons. The van der Waals surface area contributed by atoms with Crippen molar-refractivity contribution in [3.8, 4) is 11.5 Å². The molecule has 1 aromatic carbocycles. The van der Waals surface area contributed by atoms with E-state index in [-0.39, 0.29) is 0 Å². The third-order valence-electron chi connectivity index (χ3n) is 4.29. The SMILES string of the molecule is CC1CCCC(NCc2nnc(-c3ccccc3)o2)CC1. The monoisotopic (exact) mass is 285 g/mol. The van der Waals surface area contributed by atoms with E-state index in [2.05, 4.69) is 22.4 Å². The first kappa shape index (κ1) is 14.3. The van der Waals surface area contributed by atoms with E-state index in [4.69, 9.17) is 4.42 Å². The molecule has 1 aliphatic carbocycles. The summed E-state index contributed by atoms with van der Waals surface area (Å²) in [6.45, 7) is 3.02. The Morgan fingerprint density at radius 1 is 1.10 bits per heavy atom. The lowest BCUT2D eigenvalue weighted by molar-refractivity contribution is 0.407. The zero-order valence-corrected chi connectivity index (χ0v) is 12.6. The molecule has 1 saturated carbocycles. The van der Waals surface area contributed by atoms with Gasteiger partial charge in [-0.25, -0.2) is 0 Å². The minimum atomic E-state index is 0.585. The molecule has 0 saturated heterocycles. The first-order valence-electron chi connectivity index (χ1n) is 7.92. The van der Waals surface area contributed by atoms with Gasteiger partial charge in [0.1, 0.15) is 0 Å². The molecule has 4 heteroatoms. The topological polar surface area (TPSA) is 51.0 Å². The van der Waals surface area contributed by atoms with E-state index in [9.17, 15) is 0 Å². The average Bonchev–Trinajstić information content (AvgIpc) is 2.90. The molecule has 2 unspecified atom stereocenters. The van der Waals surface area contributed by atoms with Crippen molar-refractivity contribution in [3.05, 3.63) is 36.2 Å².